The van der Waals surface area contributed by atoms with E-state index in [1.165, 1.54) is 11.0 Å². The van der Waals surface area contributed by atoms with Gasteiger partial charge in [-0.05, 0) is 29.7 Å². The average Bonchev–Trinajstić information content (AvgIpc) is 2.79. The van der Waals surface area contributed by atoms with Crippen molar-refractivity contribution in [2.45, 2.75) is 32.4 Å². The number of amides is 2. The molecule has 0 radical (unpaired) electrons. The molecule has 160 valence electrons. The average molecular weight is 419 g/mol. The van der Waals surface area contributed by atoms with E-state index in [0.717, 1.165) is 16.7 Å². The van der Waals surface area contributed by atoms with Crippen molar-refractivity contribution in [1.82, 2.24) is 10.2 Å². The number of nitrogens with zero attached hydrogens (tertiary/aromatic N) is 1. The van der Waals surface area contributed by atoms with Crippen LogP contribution in [0.5, 0.6) is 0 Å². The van der Waals surface area contributed by atoms with Crippen molar-refractivity contribution in [1.29, 1.82) is 0 Å². The van der Waals surface area contributed by atoms with E-state index in [2.05, 4.69) is 5.32 Å². The van der Waals surface area contributed by atoms with Gasteiger partial charge in [-0.1, -0.05) is 72.8 Å². The van der Waals surface area contributed by atoms with Crippen LogP contribution >= 0.6 is 0 Å². The molecule has 3 aromatic carbocycles. The highest BCUT2D eigenvalue weighted by Crippen LogP contribution is 2.19. The molecule has 4 nitrogen and oxygen atoms in total. The van der Waals surface area contributed by atoms with Gasteiger partial charge in [-0.25, -0.2) is 4.39 Å². The minimum atomic E-state index is -0.761. The smallest absolute Gasteiger partial charge is 0.242 e. The number of nitrogens with one attached hydrogen (secondary N) is 1. The van der Waals surface area contributed by atoms with Gasteiger partial charge in [-0.2, -0.15) is 0 Å². The summed E-state index contributed by atoms with van der Waals surface area (Å²) in [7, 11) is 1.55. The predicted octanol–water partition coefficient (Wildman–Crippen LogP) is 4.06. The molecule has 0 heterocycles. The minimum absolute atomic E-state index is 0.0162. The van der Waals surface area contributed by atoms with Crippen LogP contribution in [0.15, 0.2) is 78.9 Å². The van der Waals surface area contributed by atoms with Gasteiger partial charge in [-0.3, -0.25) is 9.59 Å². The van der Waals surface area contributed by atoms with E-state index in [-0.39, 0.29) is 24.8 Å². The fourth-order valence-corrected chi connectivity index (χ4v) is 3.60. The molecule has 1 unspecified atom stereocenters. The number of hydrogen-bond donors (Lipinski definition) is 1. The first kappa shape index (κ1) is 22.2. The highest BCUT2D eigenvalue weighted by Gasteiger charge is 2.30. The first-order valence-corrected chi connectivity index (χ1v) is 10.3. The largest absolute Gasteiger partial charge is 0.357 e. The minimum Gasteiger partial charge on any atom is -0.357 e. The van der Waals surface area contributed by atoms with Crippen molar-refractivity contribution in [3.63, 3.8) is 0 Å². The van der Waals surface area contributed by atoms with Gasteiger partial charge >= 0.3 is 0 Å². The second kappa shape index (κ2) is 10.5. The molecule has 1 atom stereocenters. The van der Waals surface area contributed by atoms with Crippen molar-refractivity contribution < 1.29 is 14.0 Å². The summed E-state index contributed by atoms with van der Waals surface area (Å²) < 4.78 is 14.4. The number of carbonyl (C=O) groups is 2. The fourth-order valence-electron chi connectivity index (χ4n) is 3.60. The van der Waals surface area contributed by atoms with Gasteiger partial charge in [0.2, 0.25) is 11.8 Å². The van der Waals surface area contributed by atoms with E-state index in [4.69, 9.17) is 0 Å². The Kier molecular flexibility index (Phi) is 7.55. The number of rotatable bonds is 8. The van der Waals surface area contributed by atoms with Gasteiger partial charge in [0.05, 0.1) is 6.42 Å². The molecule has 0 aliphatic carbocycles. The van der Waals surface area contributed by atoms with Gasteiger partial charge in [0.25, 0.3) is 0 Å². The summed E-state index contributed by atoms with van der Waals surface area (Å²) >= 11 is 0. The third-order valence-corrected chi connectivity index (χ3v) is 5.42. The summed E-state index contributed by atoms with van der Waals surface area (Å²) in [5.41, 5.74) is 3.20. The second-order valence-corrected chi connectivity index (χ2v) is 7.54. The van der Waals surface area contributed by atoms with E-state index in [0.29, 0.717) is 12.0 Å². The molecule has 0 aromatic heterocycles. The molecule has 0 spiro atoms. The molecule has 31 heavy (non-hydrogen) atoms. The van der Waals surface area contributed by atoms with Crippen molar-refractivity contribution in [2.75, 3.05) is 7.05 Å². The molecule has 0 bridgehead atoms. The third kappa shape index (κ3) is 5.79. The number of likely N-dealkylation sites (N-methyl/N-ethyl adjacent to an activating group) is 1. The molecule has 2 amide bonds. The lowest BCUT2D eigenvalue weighted by atomic mass is 10.0. The van der Waals surface area contributed by atoms with Crippen LogP contribution in [0.3, 0.4) is 0 Å². The molecule has 0 aliphatic rings. The van der Waals surface area contributed by atoms with Crippen LogP contribution in [0, 0.1) is 12.7 Å². The molecular formula is C26H27FN2O2. The Balaban J connectivity index is 1.97. The van der Waals surface area contributed by atoms with Gasteiger partial charge < -0.3 is 10.2 Å². The number of hydrogen-bond acceptors (Lipinski definition) is 2. The Morgan fingerprint density at radius 1 is 0.903 bits per heavy atom. The Hall–Kier alpha value is -3.47. The molecule has 3 aromatic rings. The van der Waals surface area contributed by atoms with Crippen LogP contribution in [0.2, 0.25) is 0 Å². The maximum atomic E-state index is 14.4. The highest BCUT2D eigenvalue weighted by molar-refractivity contribution is 5.88. The van der Waals surface area contributed by atoms with Crippen LogP contribution < -0.4 is 5.32 Å². The van der Waals surface area contributed by atoms with E-state index in [9.17, 15) is 14.0 Å². The van der Waals surface area contributed by atoms with E-state index in [1.54, 1.807) is 25.2 Å². The van der Waals surface area contributed by atoms with Crippen LogP contribution in [0.4, 0.5) is 4.39 Å². The maximum absolute atomic E-state index is 14.4. The van der Waals surface area contributed by atoms with Crippen molar-refractivity contribution >= 4 is 11.8 Å². The van der Waals surface area contributed by atoms with Gasteiger partial charge in [0.1, 0.15) is 11.9 Å². The summed E-state index contributed by atoms with van der Waals surface area (Å²) in [5.74, 6) is -0.896. The Bertz CT molecular complexity index is 1040. The summed E-state index contributed by atoms with van der Waals surface area (Å²) in [6.07, 6.45) is 0.484. The number of benzene rings is 3. The quantitative estimate of drug-likeness (QED) is 0.600. The van der Waals surface area contributed by atoms with Crippen molar-refractivity contribution in [2.24, 2.45) is 0 Å². The molecule has 5 heteroatoms. The van der Waals surface area contributed by atoms with E-state index in [1.807, 2.05) is 61.5 Å². The molecule has 0 fully saturated rings. The first-order chi connectivity index (χ1) is 15.0. The number of aryl methyl sites for hydroxylation is 1. The molecule has 1 N–H and O–H groups in total. The van der Waals surface area contributed by atoms with Crippen molar-refractivity contribution in [3.8, 4) is 0 Å². The van der Waals surface area contributed by atoms with Gasteiger partial charge in [0.15, 0.2) is 0 Å². The van der Waals surface area contributed by atoms with Gasteiger partial charge in [-0.15, -0.1) is 0 Å². The normalized spacial score (nSPS) is 11.6. The molecule has 3 rings (SSSR count). The SMILES string of the molecule is CNC(=O)C(Cc1ccccc1)N(Cc1ccccc1F)C(=O)Cc1ccccc1C. The fraction of sp³-hybridized carbons (Fsp3) is 0.231. The summed E-state index contributed by atoms with van der Waals surface area (Å²) in [4.78, 5) is 27.8. The van der Waals surface area contributed by atoms with Crippen LogP contribution in [-0.4, -0.2) is 29.8 Å². The third-order valence-electron chi connectivity index (χ3n) is 5.42. The number of carbonyl (C=O) groups excluding carboxylic acids is 2. The summed E-state index contributed by atoms with van der Waals surface area (Å²) in [6.45, 7) is 1.96. The topological polar surface area (TPSA) is 49.4 Å². The lowest BCUT2D eigenvalue weighted by molar-refractivity contribution is -0.140. The molecule has 0 saturated heterocycles. The molecular weight excluding hydrogens is 391 g/mol. The standard InChI is InChI=1S/C26H27FN2O2/c1-19-10-6-7-13-21(19)17-25(30)29(18-22-14-8-9-15-23(22)27)24(26(31)28-2)16-20-11-4-3-5-12-20/h3-15,24H,16-18H2,1-2H3,(H,28,31). The monoisotopic (exact) mass is 418 g/mol. The zero-order chi connectivity index (χ0) is 22.2. The second-order valence-electron chi connectivity index (χ2n) is 7.54. The molecule has 0 saturated carbocycles. The zero-order valence-electron chi connectivity index (χ0n) is 17.8. The Labute approximate surface area is 182 Å². The maximum Gasteiger partial charge on any atom is 0.242 e. The van der Waals surface area contributed by atoms with Gasteiger partial charge in [0, 0.05) is 25.6 Å². The molecule has 0 aliphatic heterocycles. The Morgan fingerprint density at radius 3 is 2.16 bits per heavy atom. The number of halogens is 1. The van der Waals surface area contributed by atoms with Crippen molar-refractivity contribution in [3.05, 3.63) is 107 Å². The summed E-state index contributed by atoms with van der Waals surface area (Å²) in [6, 6.07) is 22.8. The van der Waals surface area contributed by atoms with Crippen LogP contribution in [0.25, 0.3) is 0 Å². The zero-order valence-corrected chi connectivity index (χ0v) is 17.8. The van der Waals surface area contributed by atoms with Crippen LogP contribution in [-0.2, 0) is 29.0 Å². The lowest BCUT2D eigenvalue weighted by Gasteiger charge is -2.31. The highest BCUT2D eigenvalue weighted by atomic mass is 19.1. The summed E-state index contributed by atoms with van der Waals surface area (Å²) in [5, 5.41) is 2.67. The Morgan fingerprint density at radius 2 is 1.52 bits per heavy atom. The lowest BCUT2D eigenvalue weighted by Crippen LogP contribution is -2.50. The first-order valence-electron chi connectivity index (χ1n) is 10.3. The predicted molar refractivity (Wildman–Crippen MR) is 120 cm³/mol. The van der Waals surface area contributed by atoms with Crippen LogP contribution in [0.1, 0.15) is 22.3 Å². The van der Waals surface area contributed by atoms with E-state index >= 15 is 0 Å². The van der Waals surface area contributed by atoms with E-state index < -0.39 is 11.9 Å².